The molecule has 2 rings (SSSR count). The molecule has 0 saturated heterocycles. The Morgan fingerprint density at radius 2 is 2.47 bits per heavy atom. The molecule has 0 atom stereocenters. The van der Waals surface area contributed by atoms with Crippen molar-refractivity contribution in [2.24, 2.45) is 0 Å². The van der Waals surface area contributed by atoms with Gasteiger partial charge in [0.2, 0.25) is 6.39 Å². The van der Waals surface area contributed by atoms with Gasteiger partial charge >= 0.3 is 5.97 Å². The highest BCUT2D eigenvalue weighted by Gasteiger charge is 2.12. The van der Waals surface area contributed by atoms with E-state index >= 15 is 0 Å². The van der Waals surface area contributed by atoms with Crippen molar-refractivity contribution in [1.29, 1.82) is 0 Å². The van der Waals surface area contributed by atoms with Gasteiger partial charge in [0, 0.05) is 9.77 Å². The molecule has 78 valence electrons. The van der Waals surface area contributed by atoms with E-state index in [1.807, 2.05) is 0 Å². The average Bonchev–Trinajstić information content (AvgIpc) is 2.75. The summed E-state index contributed by atoms with van der Waals surface area (Å²) in [6.07, 6.45) is 2.94. The van der Waals surface area contributed by atoms with Crippen molar-refractivity contribution in [2.45, 2.75) is 6.54 Å². The smallest absolute Gasteiger partial charge is 0.352 e. The summed E-state index contributed by atoms with van der Waals surface area (Å²) in [7, 11) is 0. The van der Waals surface area contributed by atoms with Crippen molar-refractivity contribution in [3.8, 4) is 0 Å². The van der Waals surface area contributed by atoms with E-state index in [0.717, 1.165) is 3.57 Å². The number of hydrogen-bond acceptors (Lipinski definition) is 4. The van der Waals surface area contributed by atoms with E-state index in [1.165, 1.54) is 6.39 Å². The lowest BCUT2D eigenvalue weighted by atomic mass is 10.4. The maximum Gasteiger partial charge on any atom is 0.352 e. The maximum atomic E-state index is 10.9. The number of carboxylic acid groups (broad SMARTS) is 1. The van der Waals surface area contributed by atoms with Crippen LogP contribution in [-0.4, -0.2) is 25.8 Å². The third-order valence-corrected chi connectivity index (χ3v) is 2.39. The molecule has 0 radical (unpaired) electrons. The highest BCUT2D eigenvalue weighted by molar-refractivity contribution is 14.1. The molecule has 7 heteroatoms. The summed E-state index contributed by atoms with van der Waals surface area (Å²) in [6.45, 7) is 0.293. The van der Waals surface area contributed by atoms with Gasteiger partial charge < -0.3 is 14.2 Å². The van der Waals surface area contributed by atoms with Crippen LogP contribution >= 0.6 is 22.6 Å². The van der Waals surface area contributed by atoms with Gasteiger partial charge in [-0.2, -0.15) is 4.98 Å². The monoisotopic (exact) mass is 319 g/mol. The Bertz CT molecular complexity index is 477. The van der Waals surface area contributed by atoms with E-state index in [9.17, 15) is 4.79 Å². The van der Waals surface area contributed by atoms with Crippen molar-refractivity contribution in [3.63, 3.8) is 0 Å². The number of aromatic nitrogens is 3. The Hall–Kier alpha value is -1.38. The first kappa shape index (κ1) is 10.1. The molecule has 15 heavy (non-hydrogen) atoms. The summed E-state index contributed by atoms with van der Waals surface area (Å²) in [4.78, 5) is 14.7. The molecule has 2 heterocycles. The van der Waals surface area contributed by atoms with Gasteiger partial charge in [-0.3, -0.25) is 0 Å². The molecule has 0 aliphatic heterocycles. The van der Waals surface area contributed by atoms with E-state index in [4.69, 9.17) is 5.11 Å². The van der Waals surface area contributed by atoms with Gasteiger partial charge in [-0.1, -0.05) is 5.16 Å². The van der Waals surface area contributed by atoms with E-state index in [-0.39, 0.29) is 5.69 Å². The molecule has 2 aromatic rings. The summed E-state index contributed by atoms with van der Waals surface area (Å²) in [5, 5.41) is 12.5. The topological polar surface area (TPSA) is 81.1 Å². The number of carbonyl (C=O) groups is 1. The predicted octanol–water partition coefficient (Wildman–Crippen LogP) is 1.22. The number of aromatic carboxylic acids is 1. The van der Waals surface area contributed by atoms with E-state index in [0.29, 0.717) is 12.4 Å². The van der Waals surface area contributed by atoms with Gasteiger partial charge in [0.1, 0.15) is 5.69 Å². The standard InChI is InChI=1S/C8H6IN3O3/c9-5-1-6(8(13)14)12(2-5)3-7-10-4-15-11-7/h1-2,4H,3H2,(H,13,14). The highest BCUT2D eigenvalue weighted by Crippen LogP contribution is 2.12. The summed E-state index contributed by atoms with van der Waals surface area (Å²) in [5.74, 6) is -0.522. The summed E-state index contributed by atoms with van der Waals surface area (Å²) in [5.41, 5.74) is 0.212. The van der Waals surface area contributed by atoms with Gasteiger partial charge in [-0.05, 0) is 28.7 Å². The van der Waals surface area contributed by atoms with Gasteiger partial charge in [0.05, 0.1) is 6.54 Å². The Kier molecular flexibility index (Phi) is 2.71. The fourth-order valence-electron chi connectivity index (χ4n) is 1.20. The Labute approximate surface area is 98.0 Å². The number of halogens is 1. The van der Waals surface area contributed by atoms with Crippen molar-refractivity contribution >= 4 is 28.6 Å². The molecule has 0 aliphatic rings. The highest BCUT2D eigenvalue weighted by atomic mass is 127. The van der Waals surface area contributed by atoms with Gasteiger partial charge in [-0.15, -0.1) is 0 Å². The van der Waals surface area contributed by atoms with Crippen LogP contribution in [0.4, 0.5) is 0 Å². The van der Waals surface area contributed by atoms with Gasteiger partial charge in [0.25, 0.3) is 0 Å². The summed E-state index contributed by atoms with van der Waals surface area (Å²) >= 11 is 2.05. The maximum absolute atomic E-state index is 10.9. The molecule has 1 N–H and O–H groups in total. The van der Waals surface area contributed by atoms with Crippen molar-refractivity contribution in [2.75, 3.05) is 0 Å². The molecule has 0 aromatic carbocycles. The number of hydrogen-bond donors (Lipinski definition) is 1. The third kappa shape index (κ3) is 2.17. The van der Waals surface area contributed by atoms with E-state index < -0.39 is 5.97 Å². The largest absolute Gasteiger partial charge is 0.477 e. The zero-order valence-electron chi connectivity index (χ0n) is 7.42. The second kappa shape index (κ2) is 4.01. The van der Waals surface area contributed by atoms with E-state index in [2.05, 4.69) is 37.3 Å². The molecule has 0 saturated carbocycles. The van der Waals surface area contributed by atoms with Crippen LogP contribution in [0.2, 0.25) is 0 Å². The lowest BCUT2D eigenvalue weighted by molar-refractivity contribution is 0.0685. The van der Waals surface area contributed by atoms with Crippen LogP contribution in [0.1, 0.15) is 16.3 Å². The fourth-order valence-corrected chi connectivity index (χ4v) is 1.83. The normalized spacial score (nSPS) is 10.5. The second-order valence-electron chi connectivity index (χ2n) is 2.82. The quantitative estimate of drug-likeness (QED) is 0.861. The molecule has 6 nitrogen and oxygen atoms in total. The fraction of sp³-hybridized carbons (Fsp3) is 0.125. The van der Waals surface area contributed by atoms with Gasteiger partial charge in [-0.25, -0.2) is 4.79 Å². The summed E-state index contributed by atoms with van der Waals surface area (Å²) < 4.78 is 6.99. The average molecular weight is 319 g/mol. The zero-order valence-corrected chi connectivity index (χ0v) is 9.58. The molecule has 2 aromatic heterocycles. The molecular formula is C8H6IN3O3. The lowest BCUT2D eigenvalue weighted by Gasteiger charge is -2.01. The zero-order chi connectivity index (χ0) is 10.8. The number of nitrogens with zero attached hydrogens (tertiary/aromatic N) is 3. The van der Waals surface area contributed by atoms with Crippen LogP contribution in [0.15, 0.2) is 23.2 Å². The summed E-state index contributed by atoms with van der Waals surface area (Å²) in [6, 6.07) is 1.59. The Balaban J connectivity index is 2.31. The number of carboxylic acids is 1. The first-order valence-corrected chi connectivity index (χ1v) is 5.09. The predicted molar refractivity (Wildman–Crippen MR) is 57.5 cm³/mol. The lowest BCUT2D eigenvalue weighted by Crippen LogP contribution is -2.09. The Morgan fingerprint density at radius 1 is 1.67 bits per heavy atom. The Morgan fingerprint density at radius 3 is 3.07 bits per heavy atom. The van der Waals surface area contributed by atoms with Crippen LogP contribution in [0, 0.1) is 3.57 Å². The molecule has 0 unspecified atom stereocenters. The van der Waals surface area contributed by atoms with E-state index in [1.54, 1.807) is 16.8 Å². The minimum atomic E-state index is -0.971. The minimum absolute atomic E-state index is 0.212. The first-order chi connectivity index (χ1) is 7.16. The molecule has 0 spiro atoms. The van der Waals surface area contributed by atoms with Crippen LogP contribution in [-0.2, 0) is 6.54 Å². The van der Waals surface area contributed by atoms with Crippen LogP contribution in [0.3, 0.4) is 0 Å². The third-order valence-electron chi connectivity index (χ3n) is 1.80. The SMILES string of the molecule is O=C(O)c1cc(I)cn1Cc1ncon1. The van der Waals surface area contributed by atoms with Crippen molar-refractivity contribution < 1.29 is 14.4 Å². The second-order valence-corrected chi connectivity index (χ2v) is 4.07. The molecular weight excluding hydrogens is 313 g/mol. The molecule has 0 bridgehead atoms. The van der Waals surface area contributed by atoms with Gasteiger partial charge in [0.15, 0.2) is 5.82 Å². The molecule has 0 aliphatic carbocycles. The first-order valence-electron chi connectivity index (χ1n) is 4.01. The van der Waals surface area contributed by atoms with Crippen LogP contribution in [0.25, 0.3) is 0 Å². The molecule has 0 fully saturated rings. The molecule has 0 amide bonds. The van der Waals surface area contributed by atoms with Crippen LogP contribution < -0.4 is 0 Å². The van der Waals surface area contributed by atoms with Crippen molar-refractivity contribution in [1.82, 2.24) is 14.7 Å². The van der Waals surface area contributed by atoms with Crippen LogP contribution in [0.5, 0.6) is 0 Å². The minimum Gasteiger partial charge on any atom is -0.477 e. The number of rotatable bonds is 3. The van der Waals surface area contributed by atoms with Crippen molar-refractivity contribution in [3.05, 3.63) is 33.7 Å².